The number of benzene rings is 2. The van der Waals surface area contributed by atoms with Crippen LogP contribution in [-0.4, -0.2) is 18.4 Å². The number of esters is 1. The van der Waals surface area contributed by atoms with E-state index in [9.17, 15) is 18.4 Å². The quantitative estimate of drug-likeness (QED) is 0.564. The van der Waals surface area contributed by atoms with Crippen LogP contribution >= 0.6 is 0 Å². The third-order valence-corrected chi connectivity index (χ3v) is 4.18. The largest absolute Gasteiger partial charge is 0.465 e. The second-order valence-corrected chi connectivity index (χ2v) is 5.97. The van der Waals surface area contributed by atoms with Crippen molar-refractivity contribution in [3.63, 3.8) is 0 Å². The van der Waals surface area contributed by atoms with Crippen LogP contribution in [-0.2, 0) is 27.2 Å². The molecule has 0 aromatic heterocycles. The van der Waals surface area contributed by atoms with Gasteiger partial charge in [0.1, 0.15) is 22.8 Å². The molecule has 0 saturated heterocycles. The van der Waals surface area contributed by atoms with Crippen LogP contribution in [0.2, 0.25) is 0 Å². The highest BCUT2D eigenvalue weighted by atomic mass is 19.1. The van der Waals surface area contributed by atoms with Gasteiger partial charge in [-0.2, -0.15) is 0 Å². The Labute approximate surface area is 145 Å². The first-order valence-corrected chi connectivity index (χ1v) is 8.04. The van der Waals surface area contributed by atoms with Crippen LogP contribution in [0.5, 0.6) is 0 Å². The van der Waals surface area contributed by atoms with Crippen molar-refractivity contribution in [2.75, 3.05) is 6.61 Å². The van der Waals surface area contributed by atoms with Crippen molar-refractivity contribution >= 4 is 11.8 Å². The molecule has 5 heteroatoms. The summed E-state index contributed by atoms with van der Waals surface area (Å²) in [6.45, 7) is 3.14. The molecule has 2 aromatic rings. The molecular weight excluding hydrogens is 326 g/mol. The number of halogens is 2. The summed E-state index contributed by atoms with van der Waals surface area (Å²) in [5.74, 6) is -1.77. The van der Waals surface area contributed by atoms with Gasteiger partial charge in [0, 0.05) is 0 Å². The highest BCUT2D eigenvalue weighted by Crippen LogP contribution is 2.31. The predicted molar refractivity (Wildman–Crippen MR) is 90.0 cm³/mol. The first kappa shape index (κ1) is 18.8. The molecule has 0 saturated carbocycles. The van der Waals surface area contributed by atoms with Gasteiger partial charge in [-0.05, 0) is 62.1 Å². The van der Waals surface area contributed by atoms with E-state index in [1.165, 1.54) is 55.5 Å². The fourth-order valence-corrected chi connectivity index (χ4v) is 2.77. The van der Waals surface area contributed by atoms with Crippen molar-refractivity contribution in [3.05, 3.63) is 71.3 Å². The molecule has 3 nitrogen and oxygen atoms in total. The summed E-state index contributed by atoms with van der Waals surface area (Å²) in [5.41, 5.74) is -0.149. The lowest BCUT2D eigenvalue weighted by atomic mass is 9.73. The van der Waals surface area contributed by atoms with Crippen molar-refractivity contribution in [2.24, 2.45) is 5.41 Å². The molecule has 0 unspecified atom stereocenters. The van der Waals surface area contributed by atoms with Crippen molar-refractivity contribution in [1.29, 1.82) is 0 Å². The number of ether oxygens (including phenoxy) is 1. The summed E-state index contributed by atoms with van der Waals surface area (Å²) in [7, 11) is 0. The van der Waals surface area contributed by atoms with Crippen LogP contribution in [0.25, 0.3) is 0 Å². The standard InChI is InChI=1S/C20H20F2O3/c1-3-25-19(24)20(14(2)23,12-15-4-8-17(21)9-5-15)13-16-6-10-18(22)11-7-16/h4-11H,3,12-13H2,1-2H3. The highest BCUT2D eigenvalue weighted by molar-refractivity contribution is 6.03. The van der Waals surface area contributed by atoms with Crippen LogP contribution in [0.1, 0.15) is 25.0 Å². The predicted octanol–water partition coefficient (Wildman–Crippen LogP) is 3.89. The summed E-state index contributed by atoms with van der Waals surface area (Å²) in [6, 6.07) is 11.3. The average Bonchev–Trinajstić information content (AvgIpc) is 2.58. The highest BCUT2D eigenvalue weighted by Gasteiger charge is 2.44. The van der Waals surface area contributed by atoms with Gasteiger partial charge in [0.2, 0.25) is 0 Å². The summed E-state index contributed by atoms with van der Waals surface area (Å²) >= 11 is 0. The molecule has 0 heterocycles. The van der Waals surface area contributed by atoms with Gasteiger partial charge in [0.25, 0.3) is 0 Å². The Balaban J connectivity index is 2.43. The fraction of sp³-hybridized carbons (Fsp3) is 0.300. The normalized spacial score (nSPS) is 11.2. The van der Waals surface area contributed by atoms with E-state index in [1.54, 1.807) is 6.92 Å². The van der Waals surface area contributed by atoms with Gasteiger partial charge >= 0.3 is 5.97 Å². The second-order valence-electron chi connectivity index (χ2n) is 5.97. The first-order valence-electron chi connectivity index (χ1n) is 8.04. The lowest BCUT2D eigenvalue weighted by molar-refractivity contribution is -0.159. The molecule has 0 aliphatic rings. The summed E-state index contributed by atoms with van der Waals surface area (Å²) in [4.78, 5) is 25.1. The zero-order valence-corrected chi connectivity index (χ0v) is 14.2. The maximum atomic E-state index is 13.1. The molecular formula is C20H20F2O3. The molecule has 0 N–H and O–H groups in total. The maximum absolute atomic E-state index is 13.1. The van der Waals surface area contributed by atoms with Gasteiger partial charge in [-0.25, -0.2) is 8.78 Å². The molecule has 0 bridgehead atoms. The maximum Gasteiger partial charge on any atom is 0.320 e. The number of Topliss-reactive ketones (excluding diaryl/α,β-unsaturated/α-hetero) is 1. The van der Waals surface area contributed by atoms with E-state index < -0.39 is 23.0 Å². The molecule has 0 spiro atoms. The third kappa shape index (κ3) is 4.50. The molecule has 0 atom stereocenters. The van der Waals surface area contributed by atoms with Gasteiger partial charge in [-0.3, -0.25) is 9.59 Å². The SMILES string of the molecule is CCOC(=O)C(Cc1ccc(F)cc1)(Cc1ccc(F)cc1)C(C)=O. The van der Waals surface area contributed by atoms with Gasteiger partial charge < -0.3 is 4.74 Å². The van der Waals surface area contributed by atoms with Crippen LogP contribution < -0.4 is 0 Å². The Hall–Kier alpha value is -2.56. The van der Waals surface area contributed by atoms with E-state index in [1.807, 2.05) is 0 Å². The van der Waals surface area contributed by atoms with Crippen molar-refractivity contribution in [1.82, 2.24) is 0 Å². The Morgan fingerprint density at radius 2 is 1.28 bits per heavy atom. The first-order chi connectivity index (χ1) is 11.9. The van der Waals surface area contributed by atoms with Crippen LogP contribution in [0.3, 0.4) is 0 Å². The topological polar surface area (TPSA) is 43.4 Å². The lowest BCUT2D eigenvalue weighted by Gasteiger charge is -2.29. The molecule has 0 fully saturated rings. The fourth-order valence-electron chi connectivity index (χ4n) is 2.77. The Bertz CT molecular complexity index is 689. The van der Waals surface area contributed by atoms with Crippen LogP contribution in [0, 0.1) is 17.0 Å². The lowest BCUT2D eigenvalue weighted by Crippen LogP contribution is -2.43. The van der Waals surface area contributed by atoms with E-state index in [4.69, 9.17) is 4.74 Å². The van der Waals surface area contributed by atoms with Gasteiger partial charge in [0.05, 0.1) is 6.61 Å². The summed E-state index contributed by atoms with van der Waals surface area (Å²) in [6.07, 6.45) is 0.164. The van der Waals surface area contributed by atoms with Gasteiger partial charge in [-0.15, -0.1) is 0 Å². The van der Waals surface area contributed by atoms with E-state index >= 15 is 0 Å². The molecule has 0 amide bonds. The Morgan fingerprint density at radius 3 is 1.60 bits per heavy atom. The minimum Gasteiger partial charge on any atom is -0.465 e. The van der Waals surface area contributed by atoms with Crippen molar-refractivity contribution in [2.45, 2.75) is 26.7 Å². The Kier molecular flexibility index (Phi) is 6.02. The second kappa shape index (κ2) is 8.01. The Morgan fingerprint density at radius 1 is 0.880 bits per heavy atom. The van der Waals surface area contributed by atoms with Crippen LogP contribution in [0.15, 0.2) is 48.5 Å². The number of hydrogen-bond donors (Lipinski definition) is 0. The molecule has 2 aromatic carbocycles. The van der Waals surface area contributed by atoms with Crippen LogP contribution in [0.4, 0.5) is 8.78 Å². The van der Waals surface area contributed by atoms with Crippen molar-refractivity contribution < 1.29 is 23.1 Å². The van der Waals surface area contributed by atoms with Crippen molar-refractivity contribution in [3.8, 4) is 0 Å². The van der Waals surface area contributed by atoms with Gasteiger partial charge in [0.15, 0.2) is 0 Å². The number of rotatable bonds is 7. The van der Waals surface area contributed by atoms with Gasteiger partial charge in [-0.1, -0.05) is 24.3 Å². The van der Waals surface area contributed by atoms with E-state index in [0.29, 0.717) is 11.1 Å². The molecule has 0 radical (unpaired) electrons. The smallest absolute Gasteiger partial charge is 0.320 e. The number of carbonyl (C=O) groups is 2. The number of carbonyl (C=O) groups excluding carboxylic acids is 2. The minimum absolute atomic E-state index is 0.0822. The molecule has 132 valence electrons. The summed E-state index contributed by atoms with van der Waals surface area (Å²) in [5, 5.41) is 0. The van der Waals surface area contributed by atoms with E-state index in [-0.39, 0.29) is 25.2 Å². The van der Waals surface area contributed by atoms with E-state index in [2.05, 4.69) is 0 Å². The summed E-state index contributed by atoms with van der Waals surface area (Å²) < 4.78 is 31.4. The average molecular weight is 346 g/mol. The molecule has 25 heavy (non-hydrogen) atoms. The third-order valence-electron chi connectivity index (χ3n) is 4.18. The molecule has 0 aliphatic carbocycles. The molecule has 2 rings (SSSR count). The zero-order valence-electron chi connectivity index (χ0n) is 14.2. The number of ketones is 1. The zero-order chi connectivity index (χ0) is 18.4. The molecule has 0 aliphatic heterocycles. The monoisotopic (exact) mass is 346 g/mol. The number of hydrogen-bond acceptors (Lipinski definition) is 3. The van der Waals surface area contributed by atoms with E-state index in [0.717, 1.165) is 0 Å². The minimum atomic E-state index is -1.44.